The van der Waals surface area contributed by atoms with Crippen molar-refractivity contribution in [2.75, 3.05) is 26.9 Å². The monoisotopic (exact) mass is 285 g/mol. The molecule has 0 radical (unpaired) electrons. The summed E-state index contributed by atoms with van der Waals surface area (Å²) in [5.74, 6) is 0.918. The molecule has 0 saturated heterocycles. The highest BCUT2D eigenvalue weighted by atomic mass is 16.5. The molecule has 2 aromatic rings. The van der Waals surface area contributed by atoms with Gasteiger partial charge in [0.05, 0.1) is 6.61 Å². The van der Waals surface area contributed by atoms with E-state index < -0.39 is 0 Å². The number of rotatable bonds is 8. The number of hydrogen-bond donors (Lipinski definition) is 1. The number of hydrogen-bond acceptors (Lipinski definition) is 3. The van der Waals surface area contributed by atoms with Gasteiger partial charge in [-0.2, -0.15) is 0 Å². The zero-order chi connectivity index (χ0) is 15.1. The zero-order valence-electron chi connectivity index (χ0n) is 12.8. The second-order valence-electron chi connectivity index (χ2n) is 5.18. The molecule has 2 aromatic carbocycles. The molecule has 3 heteroatoms. The Morgan fingerprint density at radius 1 is 1.19 bits per heavy atom. The third kappa shape index (κ3) is 4.31. The van der Waals surface area contributed by atoms with Gasteiger partial charge < -0.3 is 14.8 Å². The van der Waals surface area contributed by atoms with Crippen LogP contribution >= 0.6 is 0 Å². The SMILES string of the molecule is C=C(C)COc1ccc2ccccc2c1CNCCOC. The summed E-state index contributed by atoms with van der Waals surface area (Å²) in [4.78, 5) is 0. The van der Waals surface area contributed by atoms with E-state index >= 15 is 0 Å². The fourth-order valence-corrected chi connectivity index (χ4v) is 2.22. The van der Waals surface area contributed by atoms with E-state index in [-0.39, 0.29) is 0 Å². The molecule has 21 heavy (non-hydrogen) atoms. The molecule has 0 spiro atoms. The molecule has 0 amide bonds. The molecular weight excluding hydrogens is 262 g/mol. The maximum absolute atomic E-state index is 5.89. The van der Waals surface area contributed by atoms with Crippen LogP contribution in [0.3, 0.4) is 0 Å². The quantitative estimate of drug-likeness (QED) is 0.594. The number of ether oxygens (including phenoxy) is 2. The van der Waals surface area contributed by atoms with Gasteiger partial charge in [-0.05, 0) is 29.3 Å². The molecule has 112 valence electrons. The summed E-state index contributed by atoms with van der Waals surface area (Å²) >= 11 is 0. The van der Waals surface area contributed by atoms with E-state index in [4.69, 9.17) is 9.47 Å². The van der Waals surface area contributed by atoms with Crippen LogP contribution in [0.5, 0.6) is 5.75 Å². The summed E-state index contributed by atoms with van der Waals surface area (Å²) in [6.07, 6.45) is 0. The van der Waals surface area contributed by atoms with Gasteiger partial charge in [0, 0.05) is 25.8 Å². The van der Waals surface area contributed by atoms with Crippen molar-refractivity contribution in [3.63, 3.8) is 0 Å². The molecule has 0 aliphatic heterocycles. The van der Waals surface area contributed by atoms with Crippen LogP contribution in [0.2, 0.25) is 0 Å². The van der Waals surface area contributed by atoms with Gasteiger partial charge >= 0.3 is 0 Å². The zero-order valence-corrected chi connectivity index (χ0v) is 12.8. The van der Waals surface area contributed by atoms with Crippen molar-refractivity contribution in [2.45, 2.75) is 13.5 Å². The average Bonchev–Trinajstić information content (AvgIpc) is 2.50. The summed E-state index contributed by atoms with van der Waals surface area (Å²) < 4.78 is 11.0. The molecule has 0 atom stereocenters. The number of methoxy groups -OCH3 is 1. The third-order valence-corrected chi connectivity index (χ3v) is 3.26. The Labute approximate surface area is 126 Å². The topological polar surface area (TPSA) is 30.5 Å². The predicted octanol–water partition coefficient (Wildman–Crippen LogP) is 3.53. The van der Waals surface area contributed by atoms with Crippen molar-refractivity contribution in [1.82, 2.24) is 5.32 Å². The van der Waals surface area contributed by atoms with Gasteiger partial charge in [-0.25, -0.2) is 0 Å². The second-order valence-corrected chi connectivity index (χ2v) is 5.18. The van der Waals surface area contributed by atoms with Crippen LogP contribution < -0.4 is 10.1 Å². The lowest BCUT2D eigenvalue weighted by Crippen LogP contribution is -2.19. The normalized spacial score (nSPS) is 10.8. The van der Waals surface area contributed by atoms with Crippen LogP contribution in [0.15, 0.2) is 48.6 Å². The molecule has 1 N–H and O–H groups in total. The smallest absolute Gasteiger partial charge is 0.124 e. The van der Waals surface area contributed by atoms with Crippen molar-refractivity contribution < 1.29 is 9.47 Å². The van der Waals surface area contributed by atoms with E-state index in [1.54, 1.807) is 7.11 Å². The Balaban J connectivity index is 2.25. The Morgan fingerprint density at radius 3 is 2.76 bits per heavy atom. The molecule has 2 rings (SSSR count). The van der Waals surface area contributed by atoms with Crippen molar-refractivity contribution in [2.24, 2.45) is 0 Å². The Kier molecular flexibility index (Phi) is 5.78. The Bertz CT molecular complexity index is 607. The molecule has 0 bridgehead atoms. The van der Waals surface area contributed by atoms with Crippen LogP contribution in [0.1, 0.15) is 12.5 Å². The lowest BCUT2D eigenvalue weighted by molar-refractivity contribution is 0.199. The standard InChI is InChI=1S/C18H23NO2/c1-14(2)13-21-18-9-8-15-6-4-5-7-16(15)17(18)12-19-10-11-20-3/h4-9,19H,1,10-13H2,2-3H3. The summed E-state index contributed by atoms with van der Waals surface area (Å²) in [6.45, 7) is 8.69. The van der Waals surface area contributed by atoms with E-state index in [1.807, 2.05) is 13.0 Å². The Morgan fingerprint density at radius 2 is 2.00 bits per heavy atom. The molecule has 0 heterocycles. The highest BCUT2D eigenvalue weighted by molar-refractivity contribution is 5.87. The number of nitrogens with one attached hydrogen (secondary N) is 1. The summed E-state index contributed by atoms with van der Waals surface area (Å²) in [6, 6.07) is 12.5. The minimum atomic E-state index is 0.545. The van der Waals surface area contributed by atoms with Gasteiger partial charge in [-0.15, -0.1) is 0 Å². The summed E-state index contributed by atoms with van der Waals surface area (Å²) in [7, 11) is 1.71. The summed E-state index contributed by atoms with van der Waals surface area (Å²) in [5, 5.41) is 5.84. The molecule has 0 unspecified atom stereocenters. The van der Waals surface area contributed by atoms with Crippen LogP contribution in [0.4, 0.5) is 0 Å². The Hall–Kier alpha value is -1.84. The first-order valence-corrected chi connectivity index (χ1v) is 7.20. The van der Waals surface area contributed by atoms with Crippen LogP contribution in [-0.2, 0) is 11.3 Å². The second kappa shape index (κ2) is 7.81. The van der Waals surface area contributed by atoms with Gasteiger partial charge in [-0.3, -0.25) is 0 Å². The van der Waals surface area contributed by atoms with Crippen molar-refractivity contribution in [3.05, 3.63) is 54.1 Å². The van der Waals surface area contributed by atoms with Crippen LogP contribution in [0.25, 0.3) is 10.8 Å². The highest BCUT2D eigenvalue weighted by Gasteiger charge is 2.08. The van der Waals surface area contributed by atoms with Gasteiger partial charge in [0.1, 0.15) is 12.4 Å². The van der Waals surface area contributed by atoms with Crippen molar-refractivity contribution >= 4 is 10.8 Å². The van der Waals surface area contributed by atoms with E-state index in [0.29, 0.717) is 13.2 Å². The molecular formula is C18H23NO2. The number of fused-ring (bicyclic) bond motifs is 1. The molecule has 0 fully saturated rings. The highest BCUT2D eigenvalue weighted by Crippen LogP contribution is 2.28. The van der Waals surface area contributed by atoms with Crippen LogP contribution in [-0.4, -0.2) is 26.9 Å². The maximum Gasteiger partial charge on any atom is 0.124 e. The lowest BCUT2D eigenvalue weighted by Gasteiger charge is -2.15. The van der Waals surface area contributed by atoms with Crippen LogP contribution in [0, 0.1) is 0 Å². The summed E-state index contributed by atoms with van der Waals surface area (Å²) in [5.41, 5.74) is 2.20. The average molecular weight is 285 g/mol. The van der Waals surface area contributed by atoms with Gasteiger partial charge in [0.15, 0.2) is 0 Å². The fraction of sp³-hybridized carbons (Fsp3) is 0.333. The van der Waals surface area contributed by atoms with E-state index in [9.17, 15) is 0 Å². The number of benzene rings is 2. The minimum Gasteiger partial charge on any atom is -0.489 e. The first kappa shape index (κ1) is 15.5. The molecule has 0 aliphatic rings. The predicted molar refractivity (Wildman–Crippen MR) is 87.8 cm³/mol. The first-order chi connectivity index (χ1) is 10.2. The third-order valence-electron chi connectivity index (χ3n) is 3.26. The largest absolute Gasteiger partial charge is 0.489 e. The van der Waals surface area contributed by atoms with Crippen molar-refractivity contribution in [1.29, 1.82) is 0 Å². The van der Waals surface area contributed by atoms with Gasteiger partial charge in [0.2, 0.25) is 0 Å². The molecule has 0 aliphatic carbocycles. The first-order valence-electron chi connectivity index (χ1n) is 7.20. The lowest BCUT2D eigenvalue weighted by atomic mass is 10.0. The van der Waals surface area contributed by atoms with Gasteiger partial charge in [-0.1, -0.05) is 36.9 Å². The molecule has 0 saturated carbocycles. The van der Waals surface area contributed by atoms with E-state index in [0.717, 1.165) is 24.4 Å². The fourth-order valence-electron chi connectivity index (χ4n) is 2.22. The molecule has 3 nitrogen and oxygen atoms in total. The molecule has 0 aromatic heterocycles. The van der Waals surface area contributed by atoms with E-state index in [2.05, 4.69) is 42.2 Å². The van der Waals surface area contributed by atoms with E-state index in [1.165, 1.54) is 16.3 Å². The maximum atomic E-state index is 5.89. The minimum absolute atomic E-state index is 0.545. The van der Waals surface area contributed by atoms with Gasteiger partial charge in [0.25, 0.3) is 0 Å². The van der Waals surface area contributed by atoms with Crippen molar-refractivity contribution in [3.8, 4) is 5.75 Å².